The van der Waals surface area contributed by atoms with E-state index in [2.05, 4.69) is 10.3 Å². The molecule has 13 heteroatoms. The fourth-order valence-corrected chi connectivity index (χ4v) is 3.95. The fraction of sp³-hybridized carbons (Fsp3) is 0.381. The van der Waals surface area contributed by atoms with Crippen LogP contribution in [-0.2, 0) is 9.53 Å². The lowest BCUT2D eigenvalue weighted by Gasteiger charge is -2.32. The summed E-state index contributed by atoms with van der Waals surface area (Å²) in [4.78, 5) is 27.6. The summed E-state index contributed by atoms with van der Waals surface area (Å²) in [5, 5.41) is 2.17. The number of rotatable bonds is 5. The van der Waals surface area contributed by atoms with Gasteiger partial charge in [0.15, 0.2) is 17.2 Å². The molecule has 1 aromatic heterocycles. The molecule has 0 spiro atoms. The van der Waals surface area contributed by atoms with Crippen molar-refractivity contribution in [2.45, 2.75) is 37.6 Å². The van der Waals surface area contributed by atoms with Gasteiger partial charge in [0.2, 0.25) is 11.8 Å². The van der Waals surface area contributed by atoms with Crippen LogP contribution in [0.2, 0.25) is 0 Å². The molecule has 184 valence electrons. The molecule has 7 nitrogen and oxygen atoms in total. The van der Waals surface area contributed by atoms with E-state index in [9.17, 15) is 35.9 Å². The van der Waals surface area contributed by atoms with Crippen LogP contribution < -0.4 is 15.8 Å². The number of nitrogens with one attached hydrogen (secondary N) is 1. The molecule has 2 aromatic rings. The number of hydrogen-bond acceptors (Lipinski definition) is 5. The zero-order chi connectivity index (χ0) is 25.6. The third kappa shape index (κ3) is 4.27. The Morgan fingerprint density at radius 3 is 2.41 bits per heavy atom. The highest BCUT2D eigenvalue weighted by atomic mass is 19.4. The van der Waals surface area contributed by atoms with E-state index in [0.29, 0.717) is 12.1 Å². The Morgan fingerprint density at radius 2 is 1.85 bits per heavy atom. The quantitative estimate of drug-likeness (QED) is 0.491. The monoisotopic (exact) mass is 491 g/mol. The third-order valence-corrected chi connectivity index (χ3v) is 5.88. The molecular formula is C21H19F6N3O4. The first-order chi connectivity index (χ1) is 15.7. The number of primary amides is 1. The van der Waals surface area contributed by atoms with E-state index in [1.165, 1.54) is 0 Å². The number of nitrogens with two attached hydrogens (primary N) is 1. The van der Waals surface area contributed by atoms with E-state index in [4.69, 9.17) is 15.2 Å². The van der Waals surface area contributed by atoms with E-state index in [0.717, 1.165) is 33.1 Å². The van der Waals surface area contributed by atoms with E-state index in [1.54, 1.807) is 0 Å². The minimum Gasteiger partial charge on any atom is -0.493 e. The van der Waals surface area contributed by atoms with Crippen LogP contribution >= 0.6 is 0 Å². The zero-order valence-electron chi connectivity index (χ0n) is 18.0. The van der Waals surface area contributed by atoms with Gasteiger partial charge in [-0.25, -0.2) is 9.37 Å². The van der Waals surface area contributed by atoms with Crippen LogP contribution in [0, 0.1) is 23.5 Å². The summed E-state index contributed by atoms with van der Waals surface area (Å²) in [6, 6.07) is 3.31. The standard InChI is InChI=1S/C21H19F6N3O4/c1-8-14(10-4-5-11(22)15(24)16(10)33-3)17(34-20(8,2)21(25,26)27)19(32)29-9-6-12(18(28)31)30-13(23)7-9/h4-8,14,17H,1-3H3,(H2,28,31)(H,29,30,32)/t8-,14+,17+,20+/m1/s1. The zero-order valence-corrected chi connectivity index (χ0v) is 18.0. The average Bonchev–Trinajstić information content (AvgIpc) is 3.01. The largest absolute Gasteiger partial charge is 0.493 e. The molecule has 3 N–H and O–H groups in total. The van der Waals surface area contributed by atoms with Crippen LogP contribution in [0.4, 0.5) is 32.0 Å². The van der Waals surface area contributed by atoms with Crippen molar-refractivity contribution in [2.24, 2.45) is 11.7 Å². The summed E-state index contributed by atoms with van der Waals surface area (Å²) in [6.45, 7) is 1.87. The number of carbonyl (C=O) groups is 2. The van der Waals surface area contributed by atoms with Crippen LogP contribution in [0.5, 0.6) is 5.75 Å². The predicted octanol–water partition coefficient (Wildman–Crippen LogP) is 3.68. The molecule has 2 heterocycles. The molecule has 1 aromatic carbocycles. The molecule has 0 radical (unpaired) electrons. The first-order valence-electron chi connectivity index (χ1n) is 9.76. The molecule has 1 fully saturated rings. The lowest BCUT2D eigenvalue weighted by molar-refractivity contribution is -0.272. The van der Waals surface area contributed by atoms with Crippen molar-refractivity contribution >= 4 is 17.5 Å². The van der Waals surface area contributed by atoms with Crippen LogP contribution in [0.15, 0.2) is 24.3 Å². The summed E-state index contributed by atoms with van der Waals surface area (Å²) in [5.41, 5.74) is 1.07. The Labute approximate surface area is 189 Å². The maximum atomic E-state index is 14.4. The highest BCUT2D eigenvalue weighted by Crippen LogP contribution is 2.55. The molecule has 0 aliphatic carbocycles. The fourth-order valence-electron chi connectivity index (χ4n) is 3.95. The molecule has 0 saturated carbocycles. The first kappa shape index (κ1) is 25.3. The molecule has 3 rings (SSSR count). The molecule has 34 heavy (non-hydrogen) atoms. The number of alkyl halides is 3. The van der Waals surface area contributed by atoms with Crippen molar-refractivity contribution < 1.29 is 45.4 Å². The lowest BCUT2D eigenvalue weighted by Crippen LogP contribution is -2.47. The minimum atomic E-state index is -4.95. The molecule has 1 aliphatic heterocycles. The summed E-state index contributed by atoms with van der Waals surface area (Å²) in [5.74, 6) is -9.85. The van der Waals surface area contributed by atoms with E-state index in [-0.39, 0.29) is 11.3 Å². The number of methoxy groups -OCH3 is 1. The van der Waals surface area contributed by atoms with Gasteiger partial charge in [0, 0.05) is 29.2 Å². The van der Waals surface area contributed by atoms with Gasteiger partial charge in [0.1, 0.15) is 11.8 Å². The molecule has 0 unspecified atom stereocenters. The molecule has 0 bridgehead atoms. The highest BCUT2D eigenvalue weighted by Gasteiger charge is 2.65. The number of nitrogens with zero attached hydrogens (tertiary/aromatic N) is 1. The molecule has 1 saturated heterocycles. The highest BCUT2D eigenvalue weighted by molar-refractivity contribution is 5.97. The smallest absolute Gasteiger partial charge is 0.417 e. The maximum absolute atomic E-state index is 14.4. The Morgan fingerprint density at radius 1 is 1.21 bits per heavy atom. The number of ether oxygens (including phenoxy) is 2. The number of halogens is 6. The average molecular weight is 491 g/mol. The van der Waals surface area contributed by atoms with Crippen molar-refractivity contribution in [1.29, 1.82) is 0 Å². The second-order valence-corrected chi connectivity index (χ2v) is 7.86. The van der Waals surface area contributed by atoms with Crippen LogP contribution in [0.1, 0.15) is 35.8 Å². The first-order valence-corrected chi connectivity index (χ1v) is 9.76. The molecule has 1 aliphatic rings. The van der Waals surface area contributed by atoms with Gasteiger partial charge in [0.05, 0.1) is 7.11 Å². The van der Waals surface area contributed by atoms with E-state index in [1.807, 2.05) is 0 Å². The maximum Gasteiger partial charge on any atom is 0.417 e. The topological polar surface area (TPSA) is 104 Å². The van der Waals surface area contributed by atoms with Gasteiger partial charge in [-0.3, -0.25) is 9.59 Å². The van der Waals surface area contributed by atoms with Gasteiger partial charge < -0.3 is 20.5 Å². The van der Waals surface area contributed by atoms with Gasteiger partial charge in [-0.2, -0.15) is 22.0 Å². The van der Waals surface area contributed by atoms with Gasteiger partial charge >= 0.3 is 6.18 Å². The van der Waals surface area contributed by atoms with E-state index >= 15 is 0 Å². The van der Waals surface area contributed by atoms with Crippen molar-refractivity contribution in [1.82, 2.24) is 4.98 Å². The van der Waals surface area contributed by atoms with Crippen LogP contribution in [0.25, 0.3) is 0 Å². The van der Waals surface area contributed by atoms with Gasteiger partial charge in [0.25, 0.3) is 11.8 Å². The normalized spacial score (nSPS) is 24.7. The van der Waals surface area contributed by atoms with Crippen molar-refractivity contribution in [2.75, 3.05) is 12.4 Å². The Kier molecular flexibility index (Phi) is 6.53. The molecule has 4 atom stereocenters. The van der Waals surface area contributed by atoms with Crippen LogP contribution in [-0.4, -0.2) is 41.8 Å². The van der Waals surface area contributed by atoms with Crippen LogP contribution in [0.3, 0.4) is 0 Å². The van der Waals surface area contributed by atoms with E-state index < -0.39 is 70.6 Å². The number of carbonyl (C=O) groups excluding carboxylic acids is 2. The second kappa shape index (κ2) is 8.78. The Bertz CT molecular complexity index is 1140. The third-order valence-electron chi connectivity index (χ3n) is 5.88. The van der Waals surface area contributed by atoms with Gasteiger partial charge in [-0.1, -0.05) is 13.0 Å². The van der Waals surface area contributed by atoms with Gasteiger partial charge in [-0.05, 0) is 19.1 Å². The van der Waals surface area contributed by atoms with Crippen molar-refractivity contribution in [3.63, 3.8) is 0 Å². The lowest BCUT2D eigenvalue weighted by atomic mass is 9.77. The summed E-state index contributed by atoms with van der Waals surface area (Å²) in [6.07, 6.45) is -6.85. The second-order valence-electron chi connectivity index (χ2n) is 7.86. The van der Waals surface area contributed by atoms with Crippen molar-refractivity contribution in [3.05, 3.63) is 53.1 Å². The summed E-state index contributed by atoms with van der Waals surface area (Å²) >= 11 is 0. The Hall–Kier alpha value is -3.35. The molecule has 2 amide bonds. The summed E-state index contributed by atoms with van der Waals surface area (Å²) in [7, 11) is 0.991. The number of aromatic nitrogens is 1. The number of anilines is 1. The molecular weight excluding hydrogens is 472 g/mol. The summed E-state index contributed by atoms with van der Waals surface area (Å²) < 4.78 is 93.7. The van der Waals surface area contributed by atoms with Crippen molar-refractivity contribution in [3.8, 4) is 5.75 Å². The predicted molar refractivity (Wildman–Crippen MR) is 105 cm³/mol. The number of pyridine rings is 1. The Balaban J connectivity index is 2.09. The number of benzene rings is 1. The number of amides is 2. The number of hydrogen-bond donors (Lipinski definition) is 2. The van der Waals surface area contributed by atoms with Gasteiger partial charge in [-0.15, -0.1) is 0 Å². The minimum absolute atomic E-state index is 0.235. The SMILES string of the molecule is COc1c([C@H]2[C@@H](C(=O)Nc3cc(F)nc(C(N)=O)c3)O[C@](C)(C(F)(F)F)[C@@H]2C)ccc(F)c1F.